The van der Waals surface area contributed by atoms with E-state index in [1.165, 1.54) is 29.1 Å². The van der Waals surface area contributed by atoms with Gasteiger partial charge in [-0.25, -0.2) is 0 Å². The van der Waals surface area contributed by atoms with Crippen LogP contribution in [0.1, 0.15) is 21.9 Å². The van der Waals surface area contributed by atoms with Gasteiger partial charge in [-0.3, -0.25) is 19.6 Å². The van der Waals surface area contributed by atoms with Crippen molar-refractivity contribution in [3.63, 3.8) is 0 Å². The maximum Gasteiger partial charge on any atom is 0.307 e. The van der Waals surface area contributed by atoms with Crippen LogP contribution in [-0.4, -0.2) is 20.5 Å². The lowest BCUT2D eigenvalue weighted by Gasteiger charge is -2.00. The Hall–Kier alpha value is -2.90. The van der Waals surface area contributed by atoms with E-state index in [1.54, 1.807) is 24.3 Å². The van der Waals surface area contributed by atoms with Crippen LogP contribution in [0.3, 0.4) is 0 Å². The number of furan rings is 1. The Kier molecular flexibility index (Phi) is 5.20. The van der Waals surface area contributed by atoms with Gasteiger partial charge in [-0.05, 0) is 42.5 Å². The number of allylic oxidation sites excluding steroid dienone is 1. The minimum absolute atomic E-state index is 0.0953. The number of nitrogens with zero attached hydrogens (tertiary/aromatic N) is 3. The van der Waals surface area contributed by atoms with Crippen molar-refractivity contribution in [3.8, 4) is 0 Å². The van der Waals surface area contributed by atoms with Crippen LogP contribution in [-0.2, 0) is 6.54 Å². The molecule has 1 aromatic carbocycles. The van der Waals surface area contributed by atoms with Crippen molar-refractivity contribution in [1.29, 1.82) is 0 Å². The van der Waals surface area contributed by atoms with Gasteiger partial charge in [0, 0.05) is 10.6 Å². The zero-order valence-corrected chi connectivity index (χ0v) is 14.6. The Labute approximate surface area is 157 Å². The number of benzene rings is 1. The van der Waals surface area contributed by atoms with Crippen molar-refractivity contribution in [2.45, 2.75) is 6.54 Å². The van der Waals surface area contributed by atoms with Gasteiger partial charge in [-0.1, -0.05) is 23.2 Å². The molecule has 2 heterocycles. The molecule has 0 aliphatic heterocycles. The zero-order chi connectivity index (χ0) is 18.7. The molecule has 2 aromatic heterocycles. The van der Waals surface area contributed by atoms with Crippen molar-refractivity contribution >= 4 is 40.7 Å². The number of carbonyl (C=O) groups is 1. The van der Waals surface area contributed by atoms with Gasteiger partial charge in [0.05, 0.1) is 16.5 Å². The Bertz CT molecular complexity index is 1010. The number of aromatic nitrogens is 2. The molecule has 9 heteroatoms. The highest BCUT2D eigenvalue weighted by Crippen LogP contribution is 2.22. The second-order valence-electron chi connectivity index (χ2n) is 5.28. The van der Waals surface area contributed by atoms with Gasteiger partial charge in [0.2, 0.25) is 0 Å². The topological polar surface area (TPSA) is 91.2 Å². The van der Waals surface area contributed by atoms with Crippen molar-refractivity contribution in [3.05, 3.63) is 86.0 Å². The van der Waals surface area contributed by atoms with E-state index in [-0.39, 0.29) is 23.0 Å². The fourth-order valence-electron chi connectivity index (χ4n) is 2.20. The van der Waals surface area contributed by atoms with Gasteiger partial charge in [0.25, 0.3) is 0 Å². The van der Waals surface area contributed by atoms with Crippen LogP contribution in [0.15, 0.2) is 53.2 Å². The van der Waals surface area contributed by atoms with Crippen LogP contribution in [0.4, 0.5) is 5.69 Å². The van der Waals surface area contributed by atoms with Gasteiger partial charge in [-0.2, -0.15) is 5.10 Å². The summed E-state index contributed by atoms with van der Waals surface area (Å²) in [5.41, 5.74) is 0.241. The monoisotopic (exact) mass is 391 g/mol. The number of ketones is 1. The maximum absolute atomic E-state index is 12.2. The predicted molar refractivity (Wildman–Crippen MR) is 96.5 cm³/mol. The van der Waals surface area contributed by atoms with E-state index in [4.69, 9.17) is 27.6 Å². The van der Waals surface area contributed by atoms with E-state index < -0.39 is 4.92 Å². The minimum Gasteiger partial charge on any atom is -0.460 e. The van der Waals surface area contributed by atoms with Crippen molar-refractivity contribution in [2.75, 3.05) is 0 Å². The molecule has 26 heavy (non-hydrogen) atoms. The largest absolute Gasteiger partial charge is 0.460 e. The molecular formula is C17H11Cl2N3O4. The van der Waals surface area contributed by atoms with Crippen molar-refractivity contribution in [2.24, 2.45) is 0 Å². The first kappa shape index (κ1) is 17.9. The molecule has 0 aliphatic rings. The summed E-state index contributed by atoms with van der Waals surface area (Å²) in [4.78, 5) is 22.3. The molecular weight excluding hydrogens is 381 g/mol. The highest BCUT2D eigenvalue weighted by atomic mass is 35.5. The number of hydrogen-bond acceptors (Lipinski definition) is 5. The van der Waals surface area contributed by atoms with E-state index in [2.05, 4.69) is 5.10 Å². The average Bonchev–Trinajstić information content (AvgIpc) is 3.22. The number of rotatable bonds is 6. The first-order valence-electron chi connectivity index (χ1n) is 7.35. The summed E-state index contributed by atoms with van der Waals surface area (Å²) in [6.45, 7) is 0.235. The third-order valence-corrected chi connectivity index (χ3v) is 3.97. The number of hydrogen-bond donors (Lipinski definition) is 0. The second-order valence-corrected chi connectivity index (χ2v) is 6.12. The molecule has 7 nitrogen and oxygen atoms in total. The van der Waals surface area contributed by atoms with Crippen LogP contribution >= 0.6 is 23.2 Å². The predicted octanol–water partition coefficient (Wildman–Crippen LogP) is 4.64. The normalized spacial score (nSPS) is 11.2. The van der Waals surface area contributed by atoms with E-state index >= 15 is 0 Å². The summed E-state index contributed by atoms with van der Waals surface area (Å²) in [6.07, 6.45) is 5.33. The summed E-state index contributed by atoms with van der Waals surface area (Å²) in [5.74, 6) is 0.715. The Morgan fingerprint density at radius 2 is 2.12 bits per heavy atom. The third kappa shape index (κ3) is 4.19. The molecule has 0 fully saturated rings. The molecule has 0 aliphatic carbocycles. The van der Waals surface area contributed by atoms with E-state index in [0.717, 1.165) is 6.20 Å². The van der Waals surface area contributed by atoms with Crippen LogP contribution in [0.2, 0.25) is 10.0 Å². The smallest absolute Gasteiger partial charge is 0.307 e. The zero-order valence-electron chi connectivity index (χ0n) is 13.1. The average molecular weight is 392 g/mol. The molecule has 0 atom stereocenters. The molecule has 3 rings (SSSR count). The molecule has 0 amide bonds. The van der Waals surface area contributed by atoms with Gasteiger partial charge in [-0.15, -0.1) is 0 Å². The first-order valence-corrected chi connectivity index (χ1v) is 8.11. The molecule has 0 saturated carbocycles. The molecule has 0 radical (unpaired) electrons. The molecule has 3 aromatic rings. The minimum atomic E-state index is -0.521. The van der Waals surface area contributed by atoms with Gasteiger partial charge >= 0.3 is 5.69 Å². The fraction of sp³-hybridized carbons (Fsp3) is 0.0588. The molecule has 0 bridgehead atoms. The summed E-state index contributed by atoms with van der Waals surface area (Å²) >= 11 is 11.8. The summed E-state index contributed by atoms with van der Waals surface area (Å²) in [7, 11) is 0. The quantitative estimate of drug-likeness (QED) is 0.264. The highest BCUT2D eigenvalue weighted by Gasteiger charge is 2.11. The molecule has 0 spiro atoms. The summed E-state index contributed by atoms with van der Waals surface area (Å²) in [6, 6.07) is 8.02. The van der Waals surface area contributed by atoms with E-state index in [9.17, 15) is 14.9 Å². The van der Waals surface area contributed by atoms with Gasteiger partial charge in [0.15, 0.2) is 5.78 Å². The van der Waals surface area contributed by atoms with Gasteiger partial charge in [0.1, 0.15) is 23.9 Å². The SMILES string of the molecule is O=C(/C=C/c1ccc(Cn2cc([N+](=O)[O-])cn2)o1)c1ccc(Cl)cc1Cl. The van der Waals surface area contributed by atoms with Crippen LogP contribution in [0.5, 0.6) is 0 Å². The Morgan fingerprint density at radius 3 is 2.81 bits per heavy atom. The van der Waals surface area contributed by atoms with Crippen LogP contribution in [0, 0.1) is 10.1 Å². The molecule has 0 N–H and O–H groups in total. The maximum atomic E-state index is 12.2. The first-order chi connectivity index (χ1) is 12.4. The lowest BCUT2D eigenvalue weighted by atomic mass is 10.1. The van der Waals surface area contributed by atoms with Crippen molar-refractivity contribution < 1.29 is 14.1 Å². The lowest BCUT2D eigenvalue weighted by Crippen LogP contribution is -1.98. The summed E-state index contributed by atoms with van der Waals surface area (Å²) < 4.78 is 6.96. The summed E-state index contributed by atoms with van der Waals surface area (Å²) in [5, 5.41) is 15.3. The van der Waals surface area contributed by atoms with Crippen molar-refractivity contribution in [1.82, 2.24) is 9.78 Å². The number of carbonyl (C=O) groups excluding carboxylic acids is 1. The second kappa shape index (κ2) is 7.55. The number of nitro groups is 1. The number of halogens is 2. The van der Waals surface area contributed by atoms with Crippen LogP contribution in [0.25, 0.3) is 6.08 Å². The van der Waals surface area contributed by atoms with Crippen LogP contribution < -0.4 is 0 Å². The highest BCUT2D eigenvalue weighted by molar-refractivity contribution is 6.37. The third-order valence-electron chi connectivity index (χ3n) is 3.43. The lowest BCUT2D eigenvalue weighted by molar-refractivity contribution is -0.385. The Balaban J connectivity index is 1.68. The fourth-order valence-corrected chi connectivity index (χ4v) is 2.70. The Morgan fingerprint density at radius 1 is 1.31 bits per heavy atom. The molecule has 0 unspecified atom stereocenters. The molecule has 0 saturated heterocycles. The van der Waals surface area contributed by atoms with E-state index in [1.807, 2.05) is 0 Å². The van der Waals surface area contributed by atoms with Gasteiger partial charge < -0.3 is 4.42 Å². The molecule has 132 valence electrons. The van der Waals surface area contributed by atoms with E-state index in [0.29, 0.717) is 22.1 Å². The standard InChI is InChI=1S/C17H11Cl2N3O4/c18-11-1-5-15(16(19)7-11)17(23)6-4-13-2-3-14(26-13)10-21-9-12(8-20-21)22(24)25/h1-9H,10H2/b6-4+.